The molecule has 0 saturated carbocycles. The van der Waals surface area contributed by atoms with Gasteiger partial charge in [-0.15, -0.1) is 11.3 Å². The number of hydrogen-bond acceptors (Lipinski definition) is 5. The van der Waals surface area contributed by atoms with Crippen LogP contribution in [0.4, 0.5) is 5.69 Å². The number of likely N-dealkylation sites (tertiary alicyclic amines) is 1. The monoisotopic (exact) mass is 496 g/mol. The van der Waals surface area contributed by atoms with Gasteiger partial charge in [0.05, 0.1) is 6.54 Å². The van der Waals surface area contributed by atoms with Crippen LogP contribution in [0, 0.1) is 0 Å². The second kappa shape index (κ2) is 12.3. The smallest absolute Gasteiger partial charge is 0.254 e. The molecule has 2 saturated heterocycles. The zero-order chi connectivity index (χ0) is 24.6. The lowest BCUT2D eigenvalue weighted by Gasteiger charge is -2.38. The van der Waals surface area contributed by atoms with Crippen LogP contribution in [0.25, 0.3) is 0 Å². The second-order valence-corrected chi connectivity index (χ2v) is 10.6. The third-order valence-electron chi connectivity index (χ3n) is 6.94. The number of hydrogen-bond donors (Lipinski definition) is 1. The molecule has 0 radical (unpaired) electrons. The van der Waals surface area contributed by atoms with Gasteiger partial charge in [0.25, 0.3) is 5.91 Å². The van der Waals surface area contributed by atoms with Crippen molar-refractivity contribution in [3.63, 3.8) is 0 Å². The summed E-state index contributed by atoms with van der Waals surface area (Å²) in [6.45, 7) is 6.01. The molecule has 1 N–H and O–H groups in total. The van der Waals surface area contributed by atoms with Crippen molar-refractivity contribution in [2.24, 2.45) is 0 Å². The molecule has 1 aromatic heterocycles. The molecular weight excluding hydrogens is 460 g/mol. The van der Waals surface area contributed by atoms with Crippen molar-refractivity contribution in [1.82, 2.24) is 14.7 Å². The fourth-order valence-electron chi connectivity index (χ4n) is 4.87. The van der Waals surface area contributed by atoms with Crippen molar-refractivity contribution in [2.75, 3.05) is 44.6 Å². The van der Waals surface area contributed by atoms with E-state index in [1.165, 1.54) is 11.3 Å². The summed E-state index contributed by atoms with van der Waals surface area (Å²) >= 11 is 1.71. The Morgan fingerprint density at radius 2 is 1.86 bits per heavy atom. The standard InChI is InChI=1S/C27H36N4O3S/c1-21-7-2-3-13-31(21)26(33)20-29-14-16-30(17-15-29)27(34)22-8-4-9-23(19-22)28-25(32)12-5-10-24-11-6-18-35-24/h4,6,8-9,11,18-19,21H,2-3,5,7,10,12-17,20H2,1H3,(H,28,32). The summed E-state index contributed by atoms with van der Waals surface area (Å²) in [6, 6.07) is 11.6. The predicted octanol–water partition coefficient (Wildman–Crippen LogP) is 3.87. The summed E-state index contributed by atoms with van der Waals surface area (Å²) in [4.78, 5) is 45.5. The first kappa shape index (κ1) is 25.4. The van der Waals surface area contributed by atoms with Gasteiger partial charge in [-0.3, -0.25) is 19.3 Å². The number of nitrogens with one attached hydrogen (secondary N) is 1. The number of benzene rings is 1. The van der Waals surface area contributed by atoms with Crippen LogP contribution < -0.4 is 5.32 Å². The molecule has 2 aliphatic rings. The van der Waals surface area contributed by atoms with E-state index < -0.39 is 0 Å². The number of amides is 3. The van der Waals surface area contributed by atoms with Crippen molar-refractivity contribution in [1.29, 1.82) is 0 Å². The lowest BCUT2D eigenvalue weighted by atomic mass is 10.0. The molecule has 0 spiro atoms. The Balaban J connectivity index is 1.22. The third-order valence-corrected chi connectivity index (χ3v) is 7.88. The fraction of sp³-hybridized carbons (Fsp3) is 0.519. The van der Waals surface area contributed by atoms with Gasteiger partial charge in [-0.25, -0.2) is 0 Å². The van der Waals surface area contributed by atoms with Crippen LogP contribution in [0.5, 0.6) is 0 Å². The minimum absolute atomic E-state index is 0.0329. The molecule has 188 valence electrons. The average Bonchev–Trinajstić information content (AvgIpc) is 3.38. The Hall–Kier alpha value is -2.71. The number of piperazine rings is 1. The van der Waals surface area contributed by atoms with E-state index in [1.54, 1.807) is 23.5 Å². The summed E-state index contributed by atoms with van der Waals surface area (Å²) in [6.07, 6.45) is 5.53. The van der Waals surface area contributed by atoms with Crippen molar-refractivity contribution >= 4 is 34.7 Å². The molecule has 1 atom stereocenters. The normalized spacial score (nSPS) is 18.9. The summed E-state index contributed by atoms with van der Waals surface area (Å²) in [5, 5.41) is 4.98. The van der Waals surface area contributed by atoms with Gasteiger partial charge in [0.15, 0.2) is 0 Å². The lowest BCUT2D eigenvalue weighted by molar-refractivity contribution is -0.136. The van der Waals surface area contributed by atoms with Crippen molar-refractivity contribution in [3.05, 3.63) is 52.2 Å². The van der Waals surface area contributed by atoms with Gasteiger partial charge in [-0.05, 0) is 68.7 Å². The molecule has 3 amide bonds. The maximum absolute atomic E-state index is 13.1. The highest BCUT2D eigenvalue weighted by Gasteiger charge is 2.27. The highest BCUT2D eigenvalue weighted by Crippen LogP contribution is 2.18. The van der Waals surface area contributed by atoms with Crippen molar-refractivity contribution in [3.8, 4) is 0 Å². The largest absolute Gasteiger partial charge is 0.339 e. The zero-order valence-corrected chi connectivity index (χ0v) is 21.4. The number of piperidine rings is 1. The van der Waals surface area contributed by atoms with E-state index in [0.717, 1.165) is 32.2 Å². The van der Waals surface area contributed by atoms with Crippen LogP contribution in [-0.2, 0) is 16.0 Å². The Bertz CT molecular complexity index is 1000. The molecule has 4 rings (SSSR count). The summed E-state index contributed by atoms with van der Waals surface area (Å²) in [7, 11) is 0. The third kappa shape index (κ3) is 7.15. The summed E-state index contributed by atoms with van der Waals surface area (Å²) in [5.41, 5.74) is 1.23. The minimum atomic E-state index is -0.0348. The van der Waals surface area contributed by atoms with Gasteiger partial charge >= 0.3 is 0 Å². The molecule has 1 aromatic carbocycles. The van der Waals surface area contributed by atoms with E-state index in [2.05, 4.69) is 23.2 Å². The number of rotatable bonds is 8. The van der Waals surface area contributed by atoms with Gasteiger partial charge in [0.1, 0.15) is 0 Å². The van der Waals surface area contributed by atoms with Gasteiger partial charge in [-0.1, -0.05) is 12.1 Å². The number of aryl methyl sites for hydroxylation is 1. The second-order valence-electron chi connectivity index (χ2n) is 9.56. The van der Waals surface area contributed by atoms with E-state index in [0.29, 0.717) is 56.4 Å². The maximum Gasteiger partial charge on any atom is 0.254 e. The molecule has 35 heavy (non-hydrogen) atoms. The van der Waals surface area contributed by atoms with E-state index >= 15 is 0 Å². The number of nitrogens with zero attached hydrogens (tertiary/aromatic N) is 3. The zero-order valence-electron chi connectivity index (χ0n) is 20.6. The van der Waals surface area contributed by atoms with E-state index in [4.69, 9.17) is 0 Å². The van der Waals surface area contributed by atoms with Gasteiger partial charge < -0.3 is 15.1 Å². The highest BCUT2D eigenvalue weighted by atomic mass is 32.1. The Kier molecular flexibility index (Phi) is 8.93. The first-order valence-corrected chi connectivity index (χ1v) is 13.6. The van der Waals surface area contributed by atoms with Gasteiger partial charge in [-0.2, -0.15) is 0 Å². The number of carbonyl (C=O) groups excluding carboxylic acids is 3. The van der Waals surface area contributed by atoms with Crippen LogP contribution in [0.1, 0.15) is 54.3 Å². The predicted molar refractivity (Wildman–Crippen MR) is 140 cm³/mol. The number of anilines is 1. The first-order valence-electron chi connectivity index (χ1n) is 12.7. The lowest BCUT2D eigenvalue weighted by Crippen LogP contribution is -2.53. The molecule has 0 bridgehead atoms. The van der Waals surface area contributed by atoms with Gasteiger partial charge in [0.2, 0.25) is 11.8 Å². The van der Waals surface area contributed by atoms with Crippen LogP contribution in [-0.4, -0.2) is 77.7 Å². The molecule has 2 fully saturated rings. The molecule has 2 aliphatic heterocycles. The topological polar surface area (TPSA) is 73.0 Å². The number of carbonyl (C=O) groups is 3. The van der Waals surface area contributed by atoms with Crippen LogP contribution >= 0.6 is 11.3 Å². The Morgan fingerprint density at radius 3 is 2.60 bits per heavy atom. The molecule has 0 aliphatic carbocycles. The number of thiophene rings is 1. The quantitative estimate of drug-likeness (QED) is 0.602. The molecular formula is C27H36N4O3S. The first-order chi connectivity index (χ1) is 17.0. The SMILES string of the molecule is CC1CCCCN1C(=O)CN1CCN(C(=O)c2cccc(NC(=O)CCCc3cccs3)c2)CC1. The average molecular weight is 497 g/mol. The van der Waals surface area contributed by atoms with Crippen LogP contribution in [0.15, 0.2) is 41.8 Å². The minimum Gasteiger partial charge on any atom is -0.339 e. The molecule has 2 aromatic rings. The van der Waals surface area contributed by atoms with E-state index in [1.807, 2.05) is 33.4 Å². The van der Waals surface area contributed by atoms with E-state index in [9.17, 15) is 14.4 Å². The Morgan fingerprint density at radius 1 is 1.03 bits per heavy atom. The summed E-state index contributed by atoms with van der Waals surface area (Å²) in [5.74, 6) is 0.137. The van der Waals surface area contributed by atoms with Crippen molar-refractivity contribution < 1.29 is 14.4 Å². The molecule has 1 unspecified atom stereocenters. The highest BCUT2D eigenvalue weighted by molar-refractivity contribution is 7.09. The molecule has 7 nitrogen and oxygen atoms in total. The maximum atomic E-state index is 13.1. The van der Waals surface area contributed by atoms with Crippen molar-refractivity contribution in [2.45, 2.75) is 51.5 Å². The van der Waals surface area contributed by atoms with Crippen LogP contribution in [0.3, 0.4) is 0 Å². The fourth-order valence-corrected chi connectivity index (χ4v) is 5.63. The summed E-state index contributed by atoms with van der Waals surface area (Å²) < 4.78 is 0. The Labute approximate surface area is 212 Å². The molecule has 3 heterocycles. The van der Waals surface area contributed by atoms with Gasteiger partial charge in [0, 0.05) is 61.3 Å². The van der Waals surface area contributed by atoms with E-state index in [-0.39, 0.29) is 17.7 Å². The van der Waals surface area contributed by atoms with Crippen LogP contribution in [0.2, 0.25) is 0 Å². The molecule has 8 heteroatoms.